The Bertz CT molecular complexity index is 416. The van der Waals surface area contributed by atoms with Crippen LogP contribution in [-0.2, 0) is 5.41 Å². The zero-order valence-corrected chi connectivity index (χ0v) is 11.2. The molecule has 0 amide bonds. The number of nitro groups is 1. The molecule has 1 aliphatic rings. The van der Waals surface area contributed by atoms with E-state index < -0.39 is 0 Å². The zero-order valence-electron chi connectivity index (χ0n) is 8.04. The Morgan fingerprint density at radius 2 is 1.80 bits per heavy atom. The molecule has 0 radical (unpaired) electrons. The summed E-state index contributed by atoms with van der Waals surface area (Å²) in [6, 6.07) is 6.74. The zero-order chi connectivity index (χ0) is 11.3. The Hall–Kier alpha value is -0.420. The van der Waals surface area contributed by atoms with Gasteiger partial charge in [0.05, 0.1) is 8.16 Å². The molecule has 0 bridgehead atoms. The van der Waals surface area contributed by atoms with Crippen molar-refractivity contribution in [3.05, 3.63) is 39.9 Å². The molecule has 5 heteroatoms. The van der Waals surface area contributed by atoms with Crippen LogP contribution in [0.5, 0.6) is 0 Å². The molecule has 1 aliphatic carbocycles. The fourth-order valence-electron chi connectivity index (χ4n) is 1.66. The summed E-state index contributed by atoms with van der Waals surface area (Å²) in [7, 11) is 0. The van der Waals surface area contributed by atoms with Crippen LogP contribution < -0.4 is 0 Å². The molecule has 1 atom stereocenters. The molecule has 1 aromatic rings. The van der Waals surface area contributed by atoms with E-state index in [0.29, 0.717) is 0 Å². The van der Waals surface area contributed by atoms with Crippen LogP contribution in [0.2, 0.25) is 0 Å². The molecule has 0 aliphatic heterocycles. The first kappa shape index (κ1) is 11.1. The third-order valence-electron chi connectivity index (χ3n) is 2.97. The van der Waals surface area contributed by atoms with Crippen LogP contribution in [0.15, 0.2) is 24.3 Å². The predicted molar refractivity (Wildman–Crippen MR) is 65.7 cm³/mol. The number of nitro benzene ring substituents is 1. The number of benzene rings is 1. The Kier molecular flexibility index (Phi) is 2.43. The van der Waals surface area contributed by atoms with E-state index in [1.54, 1.807) is 12.1 Å². The van der Waals surface area contributed by atoms with Crippen molar-refractivity contribution in [3.63, 3.8) is 0 Å². The van der Waals surface area contributed by atoms with E-state index in [0.717, 1.165) is 12.0 Å². The molecule has 15 heavy (non-hydrogen) atoms. The third-order valence-corrected chi connectivity index (χ3v) is 5.28. The quantitative estimate of drug-likeness (QED) is 0.469. The van der Waals surface area contributed by atoms with Gasteiger partial charge in [-0.3, -0.25) is 10.1 Å². The Balaban J connectivity index is 2.30. The first-order valence-electron chi connectivity index (χ1n) is 4.50. The molecule has 2 rings (SSSR count). The number of halogens is 2. The Labute approximate surface area is 104 Å². The molecule has 0 heterocycles. The smallest absolute Gasteiger partial charge is 0.258 e. The highest BCUT2D eigenvalue weighted by atomic mass is 79.9. The topological polar surface area (TPSA) is 43.1 Å². The molecule has 0 saturated heterocycles. The minimum atomic E-state index is -0.380. The number of rotatable bonds is 2. The molecule has 0 N–H and O–H groups in total. The van der Waals surface area contributed by atoms with E-state index in [4.69, 9.17) is 0 Å². The number of hydrogen-bond acceptors (Lipinski definition) is 2. The standard InChI is InChI=1S/C10H9Br2NO2/c1-9(6-10(9,11)12)7-2-4-8(5-3-7)13(14)15/h2-5H,6H2,1H3/t9-/m1/s1. The number of nitrogens with zero attached hydrogens (tertiary/aromatic N) is 1. The average Bonchev–Trinajstić information content (AvgIpc) is 2.67. The van der Waals surface area contributed by atoms with Crippen LogP contribution in [0, 0.1) is 10.1 Å². The summed E-state index contributed by atoms with van der Waals surface area (Å²) in [6.45, 7) is 2.12. The van der Waals surface area contributed by atoms with E-state index in [1.165, 1.54) is 0 Å². The maximum Gasteiger partial charge on any atom is 0.269 e. The van der Waals surface area contributed by atoms with Gasteiger partial charge in [-0.15, -0.1) is 0 Å². The van der Waals surface area contributed by atoms with E-state index in [2.05, 4.69) is 38.8 Å². The predicted octanol–water partition coefficient (Wildman–Crippen LogP) is 3.74. The summed E-state index contributed by atoms with van der Waals surface area (Å²) >= 11 is 7.15. The summed E-state index contributed by atoms with van der Waals surface area (Å²) in [5.74, 6) is 0. The van der Waals surface area contributed by atoms with Crippen molar-refractivity contribution in [1.29, 1.82) is 0 Å². The summed E-state index contributed by atoms with van der Waals surface area (Å²) in [5, 5.41) is 10.5. The molecule has 80 valence electrons. The van der Waals surface area contributed by atoms with Gasteiger partial charge in [0.2, 0.25) is 0 Å². The lowest BCUT2D eigenvalue weighted by Gasteiger charge is -2.12. The largest absolute Gasteiger partial charge is 0.269 e. The lowest BCUT2D eigenvalue weighted by molar-refractivity contribution is -0.384. The first-order chi connectivity index (χ1) is 6.87. The minimum Gasteiger partial charge on any atom is -0.258 e. The molecular weight excluding hydrogens is 326 g/mol. The van der Waals surface area contributed by atoms with Gasteiger partial charge < -0.3 is 0 Å². The van der Waals surface area contributed by atoms with Crippen molar-refractivity contribution in [2.75, 3.05) is 0 Å². The molecule has 0 aromatic heterocycles. The van der Waals surface area contributed by atoms with Crippen LogP contribution in [0.25, 0.3) is 0 Å². The monoisotopic (exact) mass is 333 g/mol. The van der Waals surface area contributed by atoms with Crippen molar-refractivity contribution in [3.8, 4) is 0 Å². The lowest BCUT2D eigenvalue weighted by Crippen LogP contribution is -2.08. The fourth-order valence-corrected chi connectivity index (χ4v) is 3.24. The molecule has 1 saturated carbocycles. The highest BCUT2D eigenvalue weighted by Gasteiger charge is 2.62. The van der Waals surface area contributed by atoms with E-state index in [1.807, 2.05) is 12.1 Å². The highest BCUT2D eigenvalue weighted by molar-refractivity contribution is 9.25. The number of alkyl halides is 2. The highest BCUT2D eigenvalue weighted by Crippen LogP contribution is 2.66. The van der Waals surface area contributed by atoms with Crippen molar-refractivity contribution in [2.24, 2.45) is 0 Å². The summed E-state index contributed by atoms with van der Waals surface area (Å²) < 4.78 is -0.0524. The van der Waals surface area contributed by atoms with Crippen molar-refractivity contribution in [2.45, 2.75) is 22.0 Å². The molecule has 1 aromatic carbocycles. The van der Waals surface area contributed by atoms with Crippen LogP contribution in [0.4, 0.5) is 5.69 Å². The maximum atomic E-state index is 10.5. The molecule has 0 unspecified atom stereocenters. The second-order valence-corrected chi connectivity index (χ2v) is 7.79. The van der Waals surface area contributed by atoms with Gasteiger partial charge in [0.1, 0.15) is 0 Å². The van der Waals surface area contributed by atoms with Crippen LogP contribution in [0.3, 0.4) is 0 Å². The van der Waals surface area contributed by atoms with Crippen LogP contribution in [0.1, 0.15) is 18.9 Å². The van der Waals surface area contributed by atoms with Gasteiger partial charge in [-0.2, -0.15) is 0 Å². The Morgan fingerprint density at radius 1 is 1.33 bits per heavy atom. The first-order valence-corrected chi connectivity index (χ1v) is 6.08. The SMILES string of the molecule is C[C@]1(c2ccc([N+](=O)[O-])cc2)CC1(Br)Br. The van der Waals surface area contributed by atoms with Gasteiger partial charge in [-0.25, -0.2) is 0 Å². The minimum absolute atomic E-state index is 0.0299. The Morgan fingerprint density at radius 3 is 2.13 bits per heavy atom. The van der Waals surface area contributed by atoms with Gasteiger partial charge >= 0.3 is 0 Å². The number of hydrogen-bond donors (Lipinski definition) is 0. The maximum absolute atomic E-state index is 10.5. The summed E-state index contributed by atoms with van der Waals surface area (Å²) in [4.78, 5) is 10.1. The second kappa shape index (κ2) is 3.28. The van der Waals surface area contributed by atoms with Gasteiger partial charge in [-0.05, 0) is 12.0 Å². The molecular formula is C10H9Br2NO2. The van der Waals surface area contributed by atoms with Crippen LogP contribution in [-0.4, -0.2) is 8.16 Å². The van der Waals surface area contributed by atoms with Crippen molar-refractivity contribution >= 4 is 37.5 Å². The van der Waals surface area contributed by atoms with Crippen molar-refractivity contribution < 1.29 is 4.92 Å². The summed E-state index contributed by atoms with van der Waals surface area (Å²) in [5.41, 5.74) is 1.28. The van der Waals surface area contributed by atoms with Crippen LogP contribution >= 0.6 is 31.9 Å². The van der Waals surface area contributed by atoms with Gasteiger partial charge in [0.15, 0.2) is 0 Å². The van der Waals surface area contributed by atoms with Gasteiger partial charge in [0, 0.05) is 17.5 Å². The van der Waals surface area contributed by atoms with Gasteiger partial charge in [0.25, 0.3) is 5.69 Å². The van der Waals surface area contributed by atoms with E-state index >= 15 is 0 Å². The lowest BCUT2D eigenvalue weighted by atomic mass is 9.98. The van der Waals surface area contributed by atoms with E-state index in [-0.39, 0.29) is 19.3 Å². The third kappa shape index (κ3) is 1.72. The fraction of sp³-hybridized carbons (Fsp3) is 0.400. The average molecular weight is 335 g/mol. The van der Waals surface area contributed by atoms with Gasteiger partial charge in [-0.1, -0.05) is 50.9 Å². The molecule has 1 fully saturated rings. The summed E-state index contributed by atoms with van der Waals surface area (Å²) in [6.07, 6.45) is 0.984. The molecule has 0 spiro atoms. The van der Waals surface area contributed by atoms with Crippen molar-refractivity contribution in [1.82, 2.24) is 0 Å². The second-order valence-electron chi connectivity index (χ2n) is 4.02. The molecule has 3 nitrogen and oxygen atoms in total. The van der Waals surface area contributed by atoms with E-state index in [9.17, 15) is 10.1 Å². The normalized spacial score (nSPS) is 27.4. The number of non-ortho nitro benzene ring substituents is 1.